The molecular weight excluding hydrogens is 304 g/mol. The minimum Gasteiger partial charge on any atom is -0.338 e. The van der Waals surface area contributed by atoms with Gasteiger partial charge in [0.15, 0.2) is 0 Å². The van der Waals surface area contributed by atoms with E-state index < -0.39 is 0 Å². The van der Waals surface area contributed by atoms with Gasteiger partial charge in [0, 0.05) is 19.5 Å². The van der Waals surface area contributed by atoms with Gasteiger partial charge in [0.25, 0.3) is 0 Å². The predicted octanol–water partition coefficient (Wildman–Crippen LogP) is 2.12. The van der Waals surface area contributed by atoms with Crippen LogP contribution in [-0.4, -0.2) is 46.7 Å². The maximum absolute atomic E-state index is 12.5. The largest absolute Gasteiger partial charge is 0.338 e. The molecule has 0 aromatic heterocycles. The van der Waals surface area contributed by atoms with Crippen molar-refractivity contribution in [2.45, 2.75) is 57.4 Å². The van der Waals surface area contributed by atoms with Crippen LogP contribution in [0, 0.1) is 17.8 Å². The van der Waals surface area contributed by atoms with Crippen LogP contribution in [0.25, 0.3) is 0 Å². The number of fused-ring (bicyclic) bond motifs is 1. The molecule has 0 N–H and O–H groups in total. The molecule has 0 spiro atoms. The molecule has 2 aliphatic carbocycles. The summed E-state index contributed by atoms with van der Waals surface area (Å²) in [6.45, 7) is 1.08. The van der Waals surface area contributed by atoms with E-state index in [1.807, 2.05) is 17.1 Å². The molecule has 0 aromatic rings. The van der Waals surface area contributed by atoms with Gasteiger partial charge in [0.1, 0.15) is 0 Å². The Balaban J connectivity index is 1.31. The lowest BCUT2D eigenvalue weighted by atomic mass is 9.85. The van der Waals surface area contributed by atoms with E-state index in [1.54, 1.807) is 0 Å². The van der Waals surface area contributed by atoms with Crippen LogP contribution in [0.15, 0.2) is 12.2 Å². The van der Waals surface area contributed by atoms with Crippen molar-refractivity contribution in [1.29, 1.82) is 0 Å². The summed E-state index contributed by atoms with van der Waals surface area (Å²) >= 11 is 0. The topological polar surface area (TPSA) is 57.7 Å². The summed E-state index contributed by atoms with van der Waals surface area (Å²) in [5.74, 6) is 0.395. The number of rotatable bonds is 3. The van der Waals surface area contributed by atoms with Crippen LogP contribution in [-0.2, 0) is 14.4 Å². The van der Waals surface area contributed by atoms with E-state index in [2.05, 4.69) is 0 Å². The quantitative estimate of drug-likeness (QED) is 0.588. The van der Waals surface area contributed by atoms with E-state index in [0.717, 1.165) is 0 Å². The Morgan fingerprint density at radius 3 is 2.12 bits per heavy atom. The molecule has 4 aliphatic rings. The van der Waals surface area contributed by atoms with Crippen LogP contribution in [0.5, 0.6) is 0 Å². The lowest BCUT2D eigenvalue weighted by Crippen LogP contribution is -2.62. The van der Waals surface area contributed by atoms with Crippen LogP contribution < -0.4 is 0 Å². The smallest absolute Gasteiger partial charge is 0.233 e. The molecule has 4 rings (SSSR count). The van der Waals surface area contributed by atoms with Crippen LogP contribution >= 0.6 is 0 Å². The van der Waals surface area contributed by atoms with Crippen LogP contribution in [0.3, 0.4) is 0 Å². The molecule has 130 valence electrons. The molecule has 24 heavy (non-hydrogen) atoms. The van der Waals surface area contributed by atoms with Gasteiger partial charge in [-0.3, -0.25) is 19.3 Å². The van der Waals surface area contributed by atoms with Gasteiger partial charge >= 0.3 is 0 Å². The Bertz CT molecular complexity index is 547. The third kappa shape index (κ3) is 2.68. The van der Waals surface area contributed by atoms with Gasteiger partial charge in [-0.2, -0.15) is 0 Å². The summed E-state index contributed by atoms with van der Waals surface area (Å²) in [5, 5.41) is 0. The van der Waals surface area contributed by atoms with Gasteiger partial charge in [-0.05, 0) is 31.6 Å². The second-order valence-corrected chi connectivity index (χ2v) is 7.86. The number of imide groups is 1. The SMILES string of the molecule is O=C(CC1CCCCC1)N1CC(N2C(=O)C3CC=CCC3C2=O)C1. The summed E-state index contributed by atoms with van der Waals surface area (Å²) in [5.41, 5.74) is 0. The third-order valence-electron chi connectivity index (χ3n) is 6.31. The number of hydrogen-bond donors (Lipinski definition) is 0. The second-order valence-electron chi connectivity index (χ2n) is 7.86. The highest BCUT2D eigenvalue weighted by atomic mass is 16.2. The fourth-order valence-electron chi connectivity index (χ4n) is 4.78. The first kappa shape index (κ1) is 15.9. The summed E-state index contributed by atoms with van der Waals surface area (Å²) in [6.07, 6.45) is 12.2. The number of amides is 3. The van der Waals surface area contributed by atoms with Crippen LogP contribution in [0.1, 0.15) is 51.4 Å². The summed E-state index contributed by atoms with van der Waals surface area (Å²) < 4.78 is 0. The molecule has 1 saturated carbocycles. The first-order valence-corrected chi connectivity index (χ1v) is 9.45. The number of likely N-dealkylation sites (tertiary alicyclic amines) is 2. The zero-order valence-electron chi connectivity index (χ0n) is 14.2. The first-order valence-electron chi connectivity index (χ1n) is 9.45. The zero-order valence-corrected chi connectivity index (χ0v) is 14.2. The standard InChI is InChI=1S/C19H26N2O3/c22-17(10-13-6-2-1-3-7-13)20-11-14(12-20)21-18(23)15-8-4-5-9-16(15)19(21)24/h4-5,13-16H,1-3,6-12H2. The van der Waals surface area contributed by atoms with E-state index in [4.69, 9.17) is 0 Å². The Morgan fingerprint density at radius 2 is 1.54 bits per heavy atom. The van der Waals surface area contributed by atoms with E-state index in [-0.39, 0.29) is 35.6 Å². The lowest BCUT2D eigenvalue weighted by molar-refractivity contribution is -0.153. The average molecular weight is 330 g/mol. The van der Waals surface area contributed by atoms with Crippen molar-refractivity contribution in [2.24, 2.45) is 17.8 Å². The maximum atomic E-state index is 12.5. The molecule has 5 heteroatoms. The molecule has 2 aliphatic heterocycles. The summed E-state index contributed by atoms with van der Waals surface area (Å²) in [7, 11) is 0. The van der Waals surface area contributed by atoms with Crippen molar-refractivity contribution >= 4 is 17.7 Å². The fraction of sp³-hybridized carbons (Fsp3) is 0.737. The van der Waals surface area contributed by atoms with Gasteiger partial charge in [-0.1, -0.05) is 31.4 Å². The number of allylic oxidation sites excluding steroid dienone is 2. The molecule has 0 radical (unpaired) electrons. The molecule has 2 atom stereocenters. The predicted molar refractivity (Wildman–Crippen MR) is 88.8 cm³/mol. The molecule has 2 unspecified atom stereocenters. The maximum Gasteiger partial charge on any atom is 0.233 e. The molecule has 3 fully saturated rings. The van der Waals surface area contributed by atoms with Gasteiger partial charge in [-0.25, -0.2) is 0 Å². The number of carbonyl (C=O) groups excluding carboxylic acids is 3. The number of carbonyl (C=O) groups is 3. The van der Waals surface area contributed by atoms with Crippen molar-refractivity contribution < 1.29 is 14.4 Å². The lowest BCUT2D eigenvalue weighted by Gasteiger charge is -2.43. The number of hydrogen-bond acceptors (Lipinski definition) is 3. The van der Waals surface area contributed by atoms with Crippen molar-refractivity contribution in [2.75, 3.05) is 13.1 Å². The van der Waals surface area contributed by atoms with Crippen molar-refractivity contribution in [1.82, 2.24) is 9.80 Å². The average Bonchev–Trinajstić information content (AvgIpc) is 2.80. The molecule has 5 nitrogen and oxygen atoms in total. The molecule has 0 bridgehead atoms. The first-order chi connectivity index (χ1) is 11.6. The normalized spacial score (nSPS) is 31.3. The van der Waals surface area contributed by atoms with E-state index in [1.165, 1.54) is 37.0 Å². The minimum atomic E-state index is -0.158. The Hall–Kier alpha value is -1.65. The van der Waals surface area contributed by atoms with Gasteiger partial charge in [0.05, 0.1) is 17.9 Å². The fourth-order valence-corrected chi connectivity index (χ4v) is 4.78. The molecular formula is C19H26N2O3. The molecule has 2 saturated heterocycles. The third-order valence-corrected chi connectivity index (χ3v) is 6.31. The van der Waals surface area contributed by atoms with Crippen LogP contribution in [0.4, 0.5) is 0 Å². The molecule has 2 heterocycles. The van der Waals surface area contributed by atoms with E-state index in [0.29, 0.717) is 38.3 Å². The second kappa shape index (κ2) is 6.34. The van der Waals surface area contributed by atoms with Gasteiger partial charge in [-0.15, -0.1) is 0 Å². The van der Waals surface area contributed by atoms with E-state index >= 15 is 0 Å². The summed E-state index contributed by atoms with van der Waals surface area (Å²) in [6, 6.07) is -0.0918. The van der Waals surface area contributed by atoms with Gasteiger partial charge in [0.2, 0.25) is 17.7 Å². The van der Waals surface area contributed by atoms with Crippen molar-refractivity contribution in [3.8, 4) is 0 Å². The van der Waals surface area contributed by atoms with E-state index in [9.17, 15) is 14.4 Å². The summed E-state index contributed by atoms with van der Waals surface area (Å²) in [4.78, 5) is 40.8. The van der Waals surface area contributed by atoms with Crippen molar-refractivity contribution in [3.63, 3.8) is 0 Å². The molecule has 3 amide bonds. The number of nitrogens with zero attached hydrogens (tertiary/aromatic N) is 2. The van der Waals surface area contributed by atoms with Crippen molar-refractivity contribution in [3.05, 3.63) is 12.2 Å². The monoisotopic (exact) mass is 330 g/mol. The zero-order chi connectivity index (χ0) is 16.7. The highest BCUT2D eigenvalue weighted by Crippen LogP contribution is 2.37. The minimum absolute atomic E-state index is 0.0151. The Morgan fingerprint density at radius 1 is 0.958 bits per heavy atom. The Kier molecular flexibility index (Phi) is 4.19. The highest BCUT2D eigenvalue weighted by molar-refractivity contribution is 6.06. The van der Waals surface area contributed by atoms with Crippen LogP contribution in [0.2, 0.25) is 0 Å². The molecule has 0 aromatic carbocycles. The van der Waals surface area contributed by atoms with Gasteiger partial charge < -0.3 is 4.90 Å². The Labute approximate surface area is 143 Å². The highest BCUT2D eigenvalue weighted by Gasteiger charge is 2.52.